The van der Waals surface area contributed by atoms with Crippen molar-refractivity contribution in [3.05, 3.63) is 23.5 Å². The molecule has 2 aliphatic heterocycles. The highest BCUT2D eigenvalue weighted by Gasteiger charge is 2.26. The van der Waals surface area contributed by atoms with Gasteiger partial charge in [-0.05, 0) is 38.3 Å². The van der Waals surface area contributed by atoms with E-state index in [9.17, 15) is 4.79 Å². The first-order valence-electron chi connectivity index (χ1n) is 8.68. The molecule has 1 aromatic heterocycles. The molecule has 1 unspecified atom stereocenters. The van der Waals surface area contributed by atoms with Crippen LogP contribution in [0.5, 0.6) is 0 Å². The summed E-state index contributed by atoms with van der Waals surface area (Å²) in [4.78, 5) is 23.0. The SMILES string of the molecule is Cc1cc(N2CCN(CC3CCC(=O)N(C)C3)CC2)cc(C)n1. The van der Waals surface area contributed by atoms with Crippen molar-refractivity contribution in [2.75, 3.05) is 51.2 Å². The summed E-state index contributed by atoms with van der Waals surface area (Å²) >= 11 is 0. The maximum atomic E-state index is 11.6. The Bertz CT molecular complexity index is 546. The molecule has 0 aromatic carbocycles. The molecule has 23 heavy (non-hydrogen) atoms. The van der Waals surface area contributed by atoms with E-state index in [1.807, 2.05) is 11.9 Å². The minimum absolute atomic E-state index is 0.300. The zero-order valence-electron chi connectivity index (χ0n) is 14.6. The lowest BCUT2D eigenvalue weighted by Gasteiger charge is -2.39. The standard InChI is InChI=1S/C18H28N4O/c1-14-10-17(11-15(2)19-14)22-8-6-21(7-9-22)13-16-4-5-18(23)20(3)12-16/h10-11,16H,4-9,12-13H2,1-3H3. The maximum absolute atomic E-state index is 11.6. The molecule has 0 radical (unpaired) electrons. The maximum Gasteiger partial charge on any atom is 0.222 e. The molecule has 0 aliphatic carbocycles. The van der Waals surface area contributed by atoms with Gasteiger partial charge in [0.05, 0.1) is 0 Å². The summed E-state index contributed by atoms with van der Waals surface area (Å²) in [5.74, 6) is 0.934. The van der Waals surface area contributed by atoms with Gasteiger partial charge in [0.25, 0.3) is 0 Å². The zero-order valence-corrected chi connectivity index (χ0v) is 14.6. The number of hydrogen-bond donors (Lipinski definition) is 0. The van der Waals surface area contributed by atoms with Gasteiger partial charge >= 0.3 is 0 Å². The molecule has 2 saturated heterocycles. The van der Waals surface area contributed by atoms with Crippen LogP contribution in [-0.2, 0) is 4.79 Å². The van der Waals surface area contributed by atoms with Crippen molar-refractivity contribution in [1.29, 1.82) is 0 Å². The summed E-state index contributed by atoms with van der Waals surface area (Å²) in [6, 6.07) is 4.37. The summed E-state index contributed by atoms with van der Waals surface area (Å²) in [5.41, 5.74) is 3.49. The van der Waals surface area contributed by atoms with E-state index >= 15 is 0 Å². The number of carbonyl (C=O) groups excluding carboxylic acids is 1. The normalized spacial score (nSPS) is 23.4. The van der Waals surface area contributed by atoms with E-state index in [1.165, 1.54) is 5.69 Å². The summed E-state index contributed by atoms with van der Waals surface area (Å²) in [6.45, 7) is 10.5. The van der Waals surface area contributed by atoms with Gasteiger partial charge in [0, 0.05) is 69.8 Å². The second-order valence-corrected chi connectivity index (χ2v) is 7.07. The van der Waals surface area contributed by atoms with Crippen LogP contribution in [-0.4, -0.2) is 67.0 Å². The molecule has 0 N–H and O–H groups in total. The fourth-order valence-electron chi connectivity index (χ4n) is 3.80. The van der Waals surface area contributed by atoms with Crippen molar-refractivity contribution in [2.24, 2.45) is 5.92 Å². The van der Waals surface area contributed by atoms with Crippen LogP contribution in [0.1, 0.15) is 24.2 Å². The van der Waals surface area contributed by atoms with Crippen molar-refractivity contribution >= 4 is 11.6 Å². The third-order valence-corrected chi connectivity index (χ3v) is 5.04. The van der Waals surface area contributed by atoms with Gasteiger partial charge in [-0.15, -0.1) is 0 Å². The van der Waals surface area contributed by atoms with Crippen molar-refractivity contribution in [1.82, 2.24) is 14.8 Å². The number of aromatic nitrogens is 1. The number of aryl methyl sites for hydroxylation is 2. The van der Waals surface area contributed by atoms with Crippen LogP contribution in [0.15, 0.2) is 12.1 Å². The molecule has 5 heteroatoms. The van der Waals surface area contributed by atoms with Gasteiger partial charge in [-0.1, -0.05) is 0 Å². The zero-order chi connectivity index (χ0) is 16.4. The number of pyridine rings is 1. The van der Waals surface area contributed by atoms with Gasteiger partial charge in [0.15, 0.2) is 0 Å². The van der Waals surface area contributed by atoms with Crippen LogP contribution in [0, 0.1) is 19.8 Å². The van der Waals surface area contributed by atoms with Crippen LogP contribution >= 0.6 is 0 Å². The molecule has 0 bridgehead atoms. The van der Waals surface area contributed by atoms with Gasteiger partial charge < -0.3 is 9.80 Å². The first-order valence-corrected chi connectivity index (χ1v) is 8.68. The van der Waals surface area contributed by atoms with Crippen LogP contribution in [0.25, 0.3) is 0 Å². The molecule has 0 spiro atoms. The minimum atomic E-state index is 0.300. The first kappa shape index (κ1) is 16.2. The fraction of sp³-hybridized carbons (Fsp3) is 0.667. The van der Waals surface area contributed by atoms with Crippen molar-refractivity contribution < 1.29 is 4.79 Å². The fourth-order valence-corrected chi connectivity index (χ4v) is 3.80. The number of anilines is 1. The number of hydrogen-bond acceptors (Lipinski definition) is 4. The molecule has 3 heterocycles. The van der Waals surface area contributed by atoms with Gasteiger partial charge in [-0.25, -0.2) is 0 Å². The number of likely N-dealkylation sites (tertiary alicyclic amines) is 1. The van der Waals surface area contributed by atoms with E-state index in [1.54, 1.807) is 0 Å². The number of rotatable bonds is 3. The Balaban J connectivity index is 1.51. The summed E-state index contributed by atoms with van der Waals surface area (Å²) in [5, 5.41) is 0. The molecular weight excluding hydrogens is 288 g/mol. The Morgan fingerprint density at radius 2 is 1.78 bits per heavy atom. The predicted molar refractivity (Wildman–Crippen MR) is 92.7 cm³/mol. The predicted octanol–water partition coefficient (Wildman–Crippen LogP) is 1.69. The number of carbonyl (C=O) groups is 1. The van der Waals surface area contributed by atoms with Crippen LogP contribution in [0.3, 0.4) is 0 Å². The van der Waals surface area contributed by atoms with Crippen LogP contribution in [0.2, 0.25) is 0 Å². The summed E-state index contributed by atoms with van der Waals surface area (Å²) < 4.78 is 0. The highest BCUT2D eigenvalue weighted by Crippen LogP contribution is 2.21. The topological polar surface area (TPSA) is 39.7 Å². The Hall–Kier alpha value is -1.62. The summed E-state index contributed by atoms with van der Waals surface area (Å²) in [7, 11) is 1.93. The van der Waals surface area contributed by atoms with E-state index in [2.05, 4.69) is 40.8 Å². The molecule has 1 aromatic rings. The second kappa shape index (κ2) is 6.87. The lowest BCUT2D eigenvalue weighted by molar-refractivity contribution is -0.133. The smallest absolute Gasteiger partial charge is 0.222 e. The molecule has 0 saturated carbocycles. The van der Waals surface area contributed by atoms with Crippen molar-refractivity contribution in [2.45, 2.75) is 26.7 Å². The number of piperidine rings is 1. The molecule has 1 amide bonds. The van der Waals surface area contributed by atoms with E-state index in [0.717, 1.165) is 63.5 Å². The largest absolute Gasteiger partial charge is 0.369 e. The molecule has 1 atom stereocenters. The summed E-state index contributed by atoms with van der Waals surface area (Å²) in [6.07, 6.45) is 1.77. The van der Waals surface area contributed by atoms with Gasteiger partial charge in [-0.3, -0.25) is 14.7 Å². The first-order chi connectivity index (χ1) is 11.0. The third kappa shape index (κ3) is 4.02. The molecule has 126 valence electrons. The van der Waals surface area contributed by atoms with E-state index in [0.29, 0.717) is 11.8 Å². The number of piperazine rings is 1. The highest BCUT2D eigenvalue weighted by atomic mass is 16.2. The monoisotopic (exact) mass is 316 g/mol. The van der Waals surface area contributed by atoms with Crippen molar-refractivity contribution in [3.63, 3.8) is 0 Å². The second-order valence-electron chi connectivity index (χ2n) is 7.07. The minimum Gasteiger partial charge on any atom is -0.369 e. The Morgan fingerprint density at radius 1 is 1.13 bits per heavy atom. The van der Waals surface area contributed by atoms with E-state index in [4.69, 9.17) is 0 Å². The molecular formula is C18H28N4O. The van der Waals surface area contributed by atoms with E-state index < -0.39 is 0 Å². The van der Waals surface area contributed by atoms with Crippen molar-refractivity contribution in [3.8, 4) is 0 Å². The van der Waals surface area contributed by atoms with Gasteiger partial charge in [0.2, 0.25) is 5.91 Å². The van der Waals surface area contributed by atoms with Crippen LogP contribution < -0.4 is 4.90 Å². The third-order valence-electron chi connectivity index (χ3n) is 5.04. The number of nitrogens with zero attached hydrogens (tertiary/aromatic N) is 4. The Kier molecular flexibility index (Phi) is 4.85. The van der Waals surface area contributed by atoms with Gasteiger partial charge in [0.1, 0.15) is 0 Å². The number of amides is 1. The molecule has 2 aliphatic rings. The van der Waals surface area contributed by atoms with Gasteiger partial charge in [-0.2, -0.15) is 0 Å². The lowest BCUT2D eigenvalue weighted by atomic mass is 9.97. The Labute approximate surface area is 139 Å². The molecule has 5 nitrogen and oxygen atoms in total. The average Bonchev–Trinajstić information content (AvgIpc) is 2.51. The Morgan fingerprint density at radius 3 is 2.39 bits per heavy atom. The molecule has 3 rings (SSSR count). The quantitative estimate of drug-likeness (QED) is 0.851. The lowest BCUT2D eigenvalue weighted by Crippen LogP contribution is -2.50. The van der Waals surface area contributed by atoms with Crippen LogP contribution in [0.4, 0.5) is 5.69 Å². The van der Waals surface area contributed by atoms with E-state index in [-0.39, 0.29) is 0 Å². The average molecular weight is 316 g/mol. The molecule has 2 fully saturated rings. The highest BCUT2D eigenvalue weighted by molar-refractivity contribution is 5.76.